The number of pyridine rings is 1. The number of ketones is 1. The molecule has 39 heavy (non-hydrogen) atoms. The number of halogens is 4. The molecule has 0 unspecified atom stereocenters. The van der Waals surface area contributed by atoms with Gasteiger partial charge < -0.3 is 4.52 Å². The summed E-state index contributed by atoms with van der Waals surface area (Å²) in [5.41, 5.74) is 1.37. The lowest BCUT2D eigenvalue weighted by molar-refractivity contribution is -0.117. The van der Waals surface area contributed by atoms with Crippen LogP contribution in [0.25, 0.3) is 11.5 Å². The van der Waals surface area contributed by atoms with Crippen molar-refractivity contribution in [3.63, 3.8) is 0 Å². The Labute approximate surface area is 233 Å². The van der Waals surface area contributed by atoms with Crippen molar-refractivity contribution in [3.05, 3.63) is 92.9 Å². The van der Waals surface area contributed by atoms with Crippen LogP contribution in [0.5, 0.6) is 0 Å². The smallest absolute Gasteiger partial charge is 0.258 e. The number of rotatable bonds is 9. The van der Waals surface area contributed by atoms with Gasteiger partial charge in [-0.05, 0) is 60.4 Å². The lowest BCUT2D eigenvalue weighted by Gasteiger charge is -2.16. The van der Waals surface area contributed by atoms with Crippen LogP contribution in [-0.2, 0) is 32.9 Å². The van der Waals surface area contributed by atoms with Crippen LogP contribution in [0, 0.1) is 11.6 Å². The fraction of sp³-hybridized carbons (Fsp3) is 0.259. The third-order valence-corrected chi connectivity index (χ3v) is 8.88. The second-order valence-corrected chi connectivity index (χ2v) is 12.4. The molecule has 12 heteroatoms. The highest BCUT2D eigenvalue weighted by Gasteiger charge is 2.52. The third-order valence-electron chi connectivity index (χ3n) is 6.65. The number of aromatic nitrogens is 3. The zero-order chi connectivity index (χ0) is 27.9. The van der Waals surface area contributed by atoms with Crippen molar-refractivity contribution in [2.45, 2.75) is 43.0 Å². The van der Waals surface area contributed by atoms with Crippen molar-refractivity contribution in [2.75, 3.05) is 5.75 Å². The minimum absolute atomic E-state index is 0.0251. The molecule has 0 aliphatic heterocycles. The lowest BCUT2D eigenvalue weighted by Crippen LogP contribution is -2.14. The molecular formula is C27H21Cl2F2N3O4S. The van der Waals surface area contributed by atoms with Gasteiger partial charge in [-0.25, -0.2) is 22.2 Å². The highest BCUT2D eigenvalue weighted by atomic mass is 35.5. The third kappa shape index (κ3) is 5.46. The quantitative estimate of drug-likeness (QED) is 0.237. The summed E-state index contributed by atoms with van der Waals surface area (Å²) in [5, 5.41) is 4.73. The number of nitrogens with zero attached hydrogens (tertiary/aromatic N) is 3. The molecule has 0 saturated heterocycles. The van der Waals surface area contributed by atoms with E-state index in [-0.39, 0.29) is 40.9 Å². The van der Waals surface area contributed by atoms with Gasteiger partial charge in [0, 0.05) is 40.2 Å². The van der Waals surface area contributed by atoms with Gasteiger partial charge >= 0.3 is 0 Å². The predicted octanol–water partition coefficient (Wildman–Crippen LogP) is 5.94. The number of sulfone groups is 1. The molecule has 0 N–H and O–H groups in total. The summed E-state index contributed by atoms with van der Waals surface area (Å²) in [7, 11) is -3.42. The first-order valence-electron chi connectivity index (χ1n) is 12.0. The van der Waals surface area contributed by atoms with Crippen molar-refractivity contribution in [3.8, 4) is 11.5 Å². The summed E-state index contributed by atoms with van der Waals surface area (Å²) in [6, 6.07) is 9.63. The predicted molar refractivity (Wildman–Crippen MR) is 141 cm³/mol. The Morgan fingerprint density at radius 3 is 2.28 bits per heavy atom. The second-order valence-electron chi connectivity index (χ2n) is 9.37. The topological polar surface area (TPSA) is 103 Å². The number of Topliss-reactive ketones (excluding diaryl/α,β-unsaturated/α-hetero) is 1. The maximum atomic E-state index is 13.7. The van der Waals surface area contributed by atoms with Crippen LogP contribution in [0.15, 0.2) is 58.2 Å². The summed E-state index contributed by atoms with van der Waals surface area (Å²) in [6.07, 6.45) is 2.82. The summed E-state index contributed by atoms with van der Waals surface area (Å²) in [5.74, 6) is -1.82. The molecule has 0 radical (unpaired) electrons. The van der Waals surface area contributed by atoms with Crippen LogP contribution in [0.2, 0.25) is 10.0 Å². The Morgan fingerprint density at radius 2 is 1.69 bits per heavy atom. The van der Waals surface area contributed by atoms with E-state index in [1.807, 2.05) is 0 Å². The minimum Gasteiger partial charge on any atom is -0.334 e. The number of hydrogen-bond donors (Lipinski definition) is 0. The van der Waals surface area contributed by atoms with E-state index in [1.165, 1.54) is 25.3 Å². The summed E-state index contributed by atoms with van der Waals surface area (Å²) < 4.78 is 56.1. The highest BCUT2D eigenvalue weighted by molar-refractivity contribution is 7.91. The molecule has 1 aliphatic carbocycles. The molecule has 2 aromatic heterocycles. The van der Waals surface area contributed by atoms with E-state index in [2.05, 4.69) is 15.1 Å². The zero-order valence-electron chi connectivity index (χ0n) is 20.5. The van der Waals surface area contributed by atoms with Gasteiger partial charge in [0.1, 0.15) is 5.78 Å². The van der Waals surface area contributed by atoms with E-state index in [1.54, 1.807) is 18.2 Å². The van der Waals surface area contributed by atoms with Crippen LogP contribution < -0.4 is 0 Å². The van der Waals surface area contributed by atoms with Gasteiger partial charge in [0.05, 0.1) is 11.2 Å². The molecule has 5 rings (SSSR count). The lowest BCUT2D eigenvalue weighted by atomic mass is 9.92. The molecule has 7 nitrogen and oxygen atoms in total. The van der Waals surface area contributed by atoms with Gasteiger partial charge in [-0.2, -0.15) is 4.98 Å². The van der Waals surface area contributed by atoms with Gasteiger partial charge in [0.2, 0.25) is 0 Å². The van der Waals surface area contributed by atoms with Gasteiger partial charge in [-0.1, -0.05) is 41.3 Å². The van der Waals surface area contributed by atoms with Gasteiger partial charge in [-0.15, -0.1) is 0 Å². The van der Waals surface area contributed by atoms with E-state index < -0.39 is 26.9 Å². The fourth-order valence-electron chi connectivity index (χ4n) is 4.42. The Bertz CT molecular complexity index is 1660. The molecule has 0 spiro atoms. The first-order valence-corrected chi connectivity index (χ1v) is 14.4. The maximum Gasteiger partial charge on any atom is 0.258 e. The average molecular weight is 592 g/mol. The number of carbonyl (C=O) groups is 1. The van der Waals surface area contributed by atoms with Crippen LogP contribution in [0.4, 0.5) is 8.78 Å². The molecule has 202 valence electrons. The maximum absolute atomic E-state index is 13.7. The molecule has 4 aromatic rings. The molecule has 2 heterocycles. The first-order chi connectivity index (χ1) is 18.5. The van der Waals surface area contributed by atoms with Crippen LogP contribution in [0.1, 0.15) is 42.3 Å². The molecule has 0 bridgehead atoms. The fourth-order valence-corrected chi connectivity index (χ4v) is 6.10. The zero-order valence-corrected chi connectivity index (χ0v) is 22.9. The summed E-state index contributed by atoms with van der Waals surface area (Å²) in [4.78, 5) is 21.1. The Balaban J connectivity index is 1.33. The molecular weight excluding hydrogens is 571 g/mol. The second kappa shape index (κ2) is 10.4. The van der Waals surface area contributed by atoms with Crippen molar-refractivity contribution in [1.29, 1.82) is 0 Å². The average Bonchev–Trinajstić information content (AvgIpc) is 3.51. The summed E-state index contributed by atoms with van der Waals surface area (Å²) in [6.45, 7) is 1.54. The minimum atomic E-state index is -3.42. The van der Waals surface area contributed by atoms with Crippen molar-refractivity contribution >= 4 is 38.8 Å². The molecule has 1 saturated carbocycles. The van der Waals surface area contributed by atoms with E-state index in [4.69, 9.17) is 27.7 Å². The van der Waals surface area contributed by atoms with Crippen LogP contribution in [-0.4, -0.2) is 35.1 Å². The first kappa shape index (κ1) is 27.4. The monoisotopic (exact) mass is 591 g/mol. The van der Waals surface area contributed by atoms with Crippen molar-refractivity contribution < 1.29 is 26.5 Å². The summed E-state index contributed by atoms with van der Waals surface area (Å²) >= 11 is 13.3. The van der Waals surface area contributed by atoms with E-state index in [0.29, 0.717) is 45.4 Å². The van der Waals surface area contributed by atoms with Crippen molar-refractivity contribution in [2.24, 2.45) is 0 Å². The molecule has 2 aromatic carbocycles. The SMILES string of the molecule is CCS(=O)(=O)c1ccc(CC(=O)Cc2cc(Cl)c(C3(c4noc(-c5ccc(F)c(F)c5)n4)CC3)c(Cl)c2)cn1. The Morgan fingerprint density at radius 1 is 1.00 bits per heavy atom. The standard InChI is InChI=1S/C27H21Cl2F2N3O4S/c1-2-39(36,37)23-6-3-15(14-32-23)9-18(35)10-16-11-19(28)24(20(29)12-16)27(7-8-27)26-33-25(38-34-26)17-4-5-21(30)22(31)13-17/h3-6,11-14H,2,7-10H2,1H3. The van der Waals surface area contributed by atoms with Gasteiger partial charge in [0.15, 0.2) is 32.3 Å². The molecule has 0 amide bonds. The van der Waals surface area contributed by atoms with E-state index >= 15 is 0 Å². The van der Waals surface area contributed by atoms with Crippen LogP contribution in [0.3, 0.4) is 0 Å². The molecule has 0 atom stereocenters. The van der Waals surface area contributed by atoms with E-state index in [0.717, 1.165) is 12.1 Å². The largest absolute Gasteiger partial charge is 0.334 e. The van der Waals surface area contributed by atoms with Gasteiger partial charge in [-0.3, -0.25) is 4.79 Å². The number of hydrogen-bond acceptors (Lipinski definition) is 7. The molecule has 1 fully saturated rings. The number of carbonyl (C=O) groups excluding carboxylic acids is 1. The van der Waals surface area contributed by atoms with E-state index in [9.17, 15) is 22.0 Å². The van der Waals surface area contributed by atoms with Crippen LogP contribution >= 0.6 is 23.2 Å². The number of benzene rings is 2. The van der Waals surface area contributed by atoms with Gasteiger partial charge in [0.25, 0.3) is 5.89 Å². The van der Waals surface area contributed by atoms with Crippen molar-refractivity contribution in [1.82, 2.24) is 15.1 Å². The highest BCUT2D eigenvalue weighted by Crippen LogP contribution is 2.56. The molecule has 1 aliphatic rings. The normalized spacial score (nSPS) is 14.4. The Hall–Kier alpha value is -3.21. The Kier molecular flexibility index (Phi) is 7.30.